The minimum absolute atomic E-state index is 0.270. The first-order valence-corrected chi connectivity index (χ1v) is 5.06. The van der Waals surface area contributed by atoms with Crippen molar-refractivity contribution < 1.29 is 0 Å². The third kappa shape index (κ3) is 3.49. The molecule has 0 aromatic carbocycles. The third-order valence-corrected chi connectivity index (χ3v) is 2.36. The van der Waals surface area contributed by atoms with Crippen LogP contribution in [0.5, 0.6) is 0 Å². The molecule has 1 unspecified atom stereocenters. The first-order chi connectivity index (χ1) is 6.36. The number of hydrogen-bond acceptors (Lipinski definition) is 5. The highest BCUT2D eigenvalue weighted by Gasteiger charge is 2.05. The highest BCUT2D eigenvalue weighted by Crippen LogP contribution is 2.00. The van der Waals surface area contributed by atoms with E-state index < -0.39 is 0 Å². The van der Waals surface area contributed by atoms with Gasteiger partial charge in [0.05, 0.1) is 18.2 Å². The molecule has 0 radical (unpaired) electrons. The highest BCUT2D eigenvalue weighted by molar-refractivity contribution is 7.03. The lowest BCUT2D eigenvalue weighted by molar-refractivity contribution is 0.500. The molecule has 0 aliphatic heterocycles. The van der Waals surface area contributed by atoms with Crippen molar-refractivity contribution in [1.82, 2.24) is 14.9 Å². The maximum atomic E-state index is 8.51. The van der Waals surface area contributed by atoms with Gasteiger partial charge in [-0.2, -0.15) is 5.26 Å². The van der Waals surface area contributed by atoms with Crippen molar-refractivity contribution in [3.8, 4) is 6.07 Å². The Kier molecular flexibility index (Phi) is 4.36. The standard InChI is InChI=1S/C8H12N4S/c1-2-7(3-4-9)10-5-8-6-13-12-11-8/h6-7,10H,2-3,5H2,1H3. The van der Waals surface area contributed by atoms with E-state index in [4.69, 9.17) is 5.26 Å². The summed E-state index contributed by atoms with van der Waals surface area (Å²) in [5, 5.41) is 17.6. The molecule has 0 fully saturated rings. The Balaban J connectivity index is 2.28. The van der Waals surface area contributed by atoms with Gasteiger partial charge in [-0.05, 0) is 18.0 Å². The molecule has 0 amide bonds. The monoisotopic (exact) mass is 196 g/mol. The van der Waals surface area contributed by atoms with Crippen LogP contribution < -0.4 is 5.32 Å². The molecule has 0 spiro atoms. The van der Waals surface area contributed by atoms with E-state index in [1.807, 2.05) is 5.38 Å². The average molecular weight is 196 g/mol. The van der Waals surface area contributed by atoms with Gasteiger partial charge in [-0.1, -0.05) is 11.4 Å². The van der Waals surface area contributed by atoms with E-state index in [1.54, 1.807) is 0 Å². The van der Waals surface area contributed by atoms with Crippen LogP contribution >= 0.6 is 11.5 Å². The van der Waals surface area contributed by atoms with Crippen molar-refractivity contribution in [3.63, 3.8) is 0 Å². The van der Waals surface area contributed by atoms with Crippen LogP contribution in [0.15, 0.2) is 5.38 Å². The molecule has 0 aliphatic rings. The molecule has 1 N–H and O–H groups in total. The summed E-state index contributed by atoms with van der Waals surface area (Å²) in [4.78, 5) is 0. The summed E-state index contributed by atoms with van der Waals surface area (Å²) in [5.74, 6) is 0. The molecule has 70 valence electrons. The quantitative estimate of drug-likeness (QED) is 0.771. The Morgan fingerprint density at radius 1 is 1.77 bits per heavy atom. The summed E-state index contributed by atoms with van der Waals surface area (Å²) in [7, 11) is 0. The first-order valence-electron chi connectivity index (χ1n) is 4.23. The number of nitrogens with zero attached hydrogens (tertiary/aromatic N) is 3. The molecule has 0 bridgehead atoms. The summed E-state index contributed by atoms with van der Waals surface area (Å²) in [6.07, 6.45) is 1.51. The molecule has 1 rings (SSSR count). The van der Waals surface area contributed by atoms with Gasteiger partial charge in [0.25, 0.3) is 0 Å². The molecule has 1 aromatic heterocycles. The number of nitriles is 1. The fraction of sp³-hybridized carbons (Fsp3) is 0.625. The summed E-state index contributed by atoms with van der Waals surface area (Å²) < 4.78 is 3.76. The third-order valence-electron chi connectivity index (χ3n) is 1.81. The van der Waals surface area contributed by atoms with Crippen LogP contribution in [0.3, 0.4) is 0 Å². The van der Waals surface area contributed by atoms with Gasteiger partial charge in [-0.15, -0.1) is 5.10 Å². The fourth-order valence-corrected chi connectivity index (χ4v) is 1.43. The van der Waals surface area contributed by atoms with E-state index in [-0.39, 0.29) is 6.04 Å². The topological polar surface area (TPSA) is 61.6 Å². The Labute approximate surface area is 81.8 Å². The number of nitrogens with one attached hydrogen (secondary N) is 1. The van der Waals surface area contributed by atoms with Crippen molar-refractivity contribution >= 4 is 11.5 Å². The zero-order chi connectivity index (χ0) is 9.52. The van der Waals surface area contributed by atoms with Crippen molar-refractivity contribution in [2.75, 3.05) is 0 Å². The van der Waals surface area contributed by atoms with Crippen LogP contribution in [0.2, 0.25) is 0 Å². The van der Waals surface area contributed by atoms with Crippen molar-refractivity contribution in [1.29, 1.82) is 5.26 Å². The lowest BCUT2D eigenvalue weighted by atomic mass is 10.1. The van der Waals surface area contributed by atoms with Crippen molar-refractivity contribution in [2.45, 2.75) is 32.4 Å². The smallest absolute Gasteiger partial charge is 0.0893 e. The molecule has 5 heteroatoms. The Bertz CT molecular complexity index is 264. The van der Waals surface area contributed by atoms with E-state index in [0.29, 0.717) is 13.0 Å². The molecule has 0 saturated carbocycles. The molecule has 13 heavy (non-hydrogen) atoms. The first kappa shape index (κ1) is 10.1. The van der Waals surface area contributed by atoms with Gasteiger partial charge < -0.3 is 5.32 Å². The van der Waals surface area contributed by atoms with Crippen LogP contribution in [0, 0.1) is 11.3 Å². The minimum atomic E-state index is 0.270. The van der Waals surface area contributed by atoms with Gasteiger partial charge in [0.15, 0.2) is 0 Å². The van der Waals surface area contributed by atoms with Crippen LogP contribution in [0.4, 0.5) is 0 Å². The van der Waals surface area contributed by atoms with E-state index in [0.717, 1.165) is 12.1 Å². The predicted molar refractivity (Wildman–Crippen MR) is 51.1 cm³/mol. The van der Waals surface area contributed by atoms with Gasteiger partial charge in [0.1, 0.15) is 0 Å². The van der Waals surface area contributed by atoms with Crippen LogP contribution in [0.1, 0.15) is 25.5 Å². The van der Waals surface area contributed by atoms with Gasteiger partial charge in [0, 0.05) is 18.0 Å². The summed E-state index contributed by atoms with van der Waals surface area (Å²) in [6.45, 7) is 2.77. The average Bonchev–Trinajstić information content (AvgIpc) is 2.64. The molecule has 1 heterocycles. The van der Waals surface area contributed by atoms with Crippen LogP contribution in [-0.2, 0) is 6.54 Å². The van der Waals surface area contributed by atoms with Gasteiger partial charge in [0.2, 0.25) is 0 Å². The van der Waals surface area contributed by atoms with Crippen molar-refractivity contribution in [3.05, 3.63) is 11.1 Å². The molecule has 1 atom stereocenters. The van der Waals surface area contributed by atoms with E-state index in [2.05, 4.69) is 27.9 Å². The fourth-order valence-electron chi connectivity index (χ4n) is 0.981. The Morgan fingerprint density at radius 3 is 3.15 bits per heavy atom. The van der Waals surface area contributed by atoms with Crippen molar-refractivity contribution in [2.24, 2.45) is 0 Å². The summed E-state index contributed by atoms with van der Waals surface area (Å²) >= 11 is 1.35. The van der Waals surface area contributed by atoms with Crippen LogP contribution in [-0.4, -0.2) is 15.6 Å². The predicted octanol–water partition coefficient (Wildman–Crippen LogP) is 1.32. The molecular formula is C8H12N4S. The SMILES string of the molecule is CCC(CC#N)NCc1csnn1. The van der Waals surface area contributed by atoms with Gasteiger partial charge in [-0.25, -0.2) is 0 Å². The minimum Gasteiger partial charge on any atom is -0.307 e. The largest absolute Gasteiger partial charge is 0.307 e. The molecule has 0 saturated heterocycles. The lowest BCUT2D eigenvalue weighted by Gasteiger charge is -2.11. The van der Waals surface area contributed by atoms with Gasteiger partial charge in [-0.3, -0.25) is 0 Å². The maximum absolute atomic E-state index is 8.51. The number of hydrogen-bond donors (Lipinski definition) is 1. The highest BCUT2D eigenvalue weighted by atomic mass is 32.1. The maximum Gasteiger partial charge on any atom is 0.0893 e. The second kappa shape index (κ2) is 5.62. The van der Waals surface area contributed by atoms with Gasteiger partial charge >= 0.3 is 0 Å². The zero-order valence-corrected chi connectivity index (χ0v) is 8.34. The zero-order valence-electron chi connectivity index (χ0n) is 7.53. The molecule has 4 nitrogen and oxygen atoms in total. The molecule has 1 aromatic rings. The van der Waals surface area contributed by atoms with E-state index in [1.165, 1.54) is 11.5 Å². The number of rotatable bonds is 5. The molecular weight excluding hydrogens is 184 g/mol. The Morgan fingerprint density at radius 2 is 2.62 bits per heavy atom. The Hall–Kier alpha value is -0.990. The number of aromatic nitrogens is 2. The second-order valence-corrected chi connectivity index (χ2v) is 3.35. The summed E-state index contributed by atoms with van der Waals surface area (Å²) in [6, 6.07) is 2.42. The van der Waals surface area contributed by atoms with Crippen LogP contribution in [0.25, 0.3) is 0 Å². The lowest BCUT2D eigenvalue weighted by Crippen LogP contribution is -2.27. The second-order valence-electron chi connectivity index (χ2n) is 2.74. The van der Waals surface area contributed by atoms with E-state index >= 15 is 0 Å². The molecule has 0 aliphatic carbocycles. The normalized spacial score (nSPS) is 12.3. The van der Waals surface area contributed by atoms with E-state index in [9.17, 15) is 0 Å². The summed E-state index contributed by atoms with van der Waals surface area (Å²) in [5.41, 5.74) is 0.946.